The van der Waals surface area contributed by atoms with E-state index in [0.717, 1.165) is 25.7 Å². The summed E-state index contributed by atoms with van der Waals surface area (Å²) in [6, 6.07) is 0. The summed E-state index contributed by atoms with van der Waals surface area (Å²) in [6.45, 7) is 0. The largest absolute Gasteiger partial charge is 0.465 e. The van der Waals surface area contributed by atoms with Gasteiger partial charge in [-0.1, -0.05) is 30.9 Å². The van der Waals surface area contributed by atoms with Crippen LogP contribution in [0.4, 0.5) is 0 Å². The van der Waals surface area contributed by atoms with E-state index in [4.69, 9.17) is 16.3 Å². The number of hydrogen-bond acceptors (Lipinski definition) is 5. The van der Waals surface area contributed by atoms with Gasteiger partial charge in [0.25, 0.3) is 0 Å². The van der Waals surface area contributed by atoms with E-state index < -0.39 is 11.6 Å². The SMILES string of the molecule is COC(=O)c1cnc(C2(OC)CCCCC2)nc1Cl. The van der Waals surface area contributed by atoms with Crippen LogP contribution < -0.4 is 0 Å². The second-order valence-electron chi connectivity index (χ2n) is 4.65. The van der Waals surface area contributed by atoms with Gasteiger partial charge in [-0.05, 0) is 12.8 Å². The van der Waals surface area contributed by atoms with Crippen molar-refractivity contribution in [2.45, 2.75) is 37.7 Å². The number of methoxy groups -OCH3 is 2. The third-order valence-electron chi connectivity index (χ3n) is 3.61. The van der Waals surface area contributed by atoms with E-state index in [-0.39, 0.29) is 10.7 Å². The van der Waals surface area contributed by atoms with Crippen LogP contribution in [0.3, 0.4) is 0 Å². The lowest BCUT2D eigenvalue weighted by Crippen LogP contribution is -2.33. The van der Waals surface area contributed by atoms with Crippen LogP contribution in [0.15, 0.2) is 6.20 Å². The first-order valence-electron chi connectivity index (χ1n) is 6.29. The first-order chi connectivity index (χ1) is 9.13. The van der Waals surface area contributed by atoms with Crippen molar-refractivity contribution in [1.29, 1.82) is 0 Å². The van der Waals surface area contributed by atoms with Gasteiger partial charge < -0.3 is 9.47 Å². The third-order valence-corrected chi connectivity index (χ3v) is 3.90. The molecule has 0 saturated heterocycles. The summed E-state index contributed by atoms with van der Waals surface area (Å²) in [6.07, 6.45) is 6.50. The van der Waals surface area contributed by atoms with Crippen molar-refractivity contribution in [1.82, 2.24) is 9.97 Å². The minimum atomic E-state index is -0.535. The van der Waals surface area contributed by atoms with Crippen molar-refractivity contribution in [2.75, 3.05) is 14.2 Å². The number of rotatable bonds is 3. The van der Waals surface area contributed by atoms with E-state index in [1.54, 1.807) is 7.11 Å². The van der Waals surface area contributed by atoms with E-state index >= 15 is 0 Å². The maximum atomic E-state index is 11.5. The molecule has 19 heavy (non-hydrogen) atoms. The van der Waals surface area contributed by atoms with Crippen LogP contribution in [-0.2, 0) is 15.1 Å². The third kappa shape index (κ3) is 2.72. The highest BCUT2D eigenvalue weighted by molar-refractivity contribution is 6.32. The van der Waals surface area contributed by atoms with Crippen LogP contribution in [0, 0.1) is 0 Å². The number of halogens is 1. The average molecular weight is 285 g/mol. The first-order valence-corrected chi connectivity index (χ1v) is 6.67. The lowest BCUT2D eigenvalue weighted by atomic mass is 9.84. The molecule has 0 unspecified atom stereocenters. The molecule has 0 aromatic carbocycles. The molecule has 0 N–H and O–H groups in total. The highest BCUT2D eigenvalue weighted by atomic mass is 35.5. The molecule has 0 amide bonds. The Labute approximate surface area is 117 Å². The molecule has 6 heteroatoms. The Balaban J connectivity index is 2.35. The molecular weight excluding hydrogens is 268 g/mol. The molecule has 2 rings (SSSR count). The quantitative estimate of drug-likeness (QED) is 0.631. The topological polar surface area (TPSA) is 61.3 Å². The number of aromatic nitrogens is 2. The summed E-state index contributed by atoms with van der Waals surface area (Å²) in [5.41, 5.74) is -0.300. The van der Waals surface area contributed by atoms with Crippen molar-refractivity contribution in [3.63, 3.8) is 0 Å². The zero-order valence-electron chi connectivity index (χ0n) is 11.1. The smallest absolute Gasteiger partial charge is 0.342 e. The van der Waals surface area contributed by atoms with Crippen LogP contribution in [0.2, 0.25) is 5.15 Å². The number of carbonyl (C=O) groups is 1. The molecule has 0 radical (unpaired) electrons. The zero-order valence-corrected chi connectivity index (χ0v) is 11.9. The minimum absolute atomic E-state index is 0.110. The highest BCUT2D eigenvalue weighted by Gasteiger charge is 2.37. The Morgan fingerprint density at radius 3 is 2.53 bits per heavy atom. The zero-order chi connectivity index (χ0) is 13.9. The van der Waals surface area contributed by atoms with Gasteiger partial charge in [-0.15, -0.1) is 0 Å². The van der Waals surface area contributed by atoms with Gasteiger partial charge >= 0.3 is 5.97 Å². The molecule has 1 aliphatic carbocycles. The van der Waals surface area contributed by atoms with Crippen LogP contribution in [-0.4, -0.2) is 30.2 Å². The minimum Gasteiger partial charge on any atom is -0.465 e. The molecule has 1 heterocycles. The summed E-state index contributed by atoms with van der Waals surface area (Å²) in [5.74, 6) is 0.0130. The molecule has 0 atom stereocenters. The molecule has 5 nitrogen and oxygen atoms in total. The Bertz CT molecular complexity index is 473. The molecular formula is C13H17ClN2O3. The van der Waals surface area contributed by atoms with E-state index in [1.165, 1.54) is 19.7 Å². The van der Waals surface area contributed by atoms with Crippen LogP contribution in [0.25, 0.3) is 0 Å². The monoisotopic (exact) mass is 284 g/mol. The standard InChI is InChI=1S/C13H17ClN2O3/c1-18-11(17)9-8-15-12(16-10(9)14)13(19-2)6-4-3-5-7-13/h8H,3-7H2,1-2H3. The molecule has 0 aliphatic heterocycles. The fourth-order valence-electron chi connectivity index (χ4n) is 2.47. The Hall–Kier alpha value is -1.20. The van der Waals surface area contributed by atoms with E-state index in [1.807, 2.05) is 0 Å². The van der Waals surface area contributed by atoms with Gasteiger partial charge in [0.15, 0.2) is 5.82 Å². The number of ether oxygens (including phenoxy) is 2. The Morgan fingerprint density at radius 1 is 1.32 bits per heavy atom. The van der Waals surface area contributed by atoms with Gasteiger partial charge in [-0.25, -0.2) is 14.8 Å². The molecule has 0 spiro atoms. The normalized spacial score (nSPS) is 18.1. The molecule has 1 fully saturated rings. The van der Waals surface area contributed by atoms with E-state index in [2.05, 4.69) is 14.7 Å². The van der Waals surface area contributed by atoms with Crippen molar-refractivity contribution in [3.05, 3.63) is 22.7 Å². The number of esters is 1. The number of hydrogen-bond donors (Lipinski definition) is 0. The predicted molar refractivity (Wildman–Crippen MR) is 70.2 cm³/mol. The van der Waals surface area contributed by atoms with Crippen molar-refractivity contribution >= 4 is 17.6 Å². The number of carbonyl (C=O) groups excluding carboxylic acids is 1. The maximum absolute atomic E-state index is 11.5. The summed E-state index contributed by atoms with van der Waals surface area (Å²) in [7, 11) is 2.96. The van der Waals surface area contributed by atoms with Crippen molar-refractivity contribution in [3.8, 4) is 0 Å². The predicted octanol–water partition coefficient (Wildman–Crippen LogP) is 2.72. The average Bonchev–Trinajstić information content (AvgIpc) is 2.47. The van der Waals surface area contributed by atoms with Crippen LogP contribution in [0.1, 0.15) is 48.3 Å². The van der Waals surface area contributed by atoms with Crippen LogP contribution in [0.5, 0.6) is 0 Å². The summed E-state index contributed by atoms with van der Waals surface area (Å²) >= 11 is 6.03. The summed E-state index contributed by atoms with van der Waals surface area (Å²) in [4.78, 5) is 19.9. The fourth-order valence-corrected chi connectivity index (χ4v) is 2.68. The second-order valence-corrected chi connectivity index (χ2v) is 5.01. The molecule has 1 aromatic heterocycles. The van der Waals surface area contributed by atoms with Gasteiger partial charge in [0.1, 0.15) is 16.3 Å². The lowest BCUT2D eigenvalue weighted by molar-refractivity contribution is -0.0515. The molecule has 1 aliphatic rings. The molecule has 1 aromatic rings. The summed E-state index contributed by atoms with van der Waals surface area (Å²) < 4.78 is 10.3. The summed E-state index contributed by atoms with van der Waals surface area (Å²) in [5, 5.41) is 0.110. The molecule has 0 bridgehead atoms. The van der Waals surface area contributed by atoms with Crippen molar-refractivity contribution < 1.29 is 14.3 Å². The highest BCUT2D eigenvalue weighted by Crippen LogP contribution is 2.38. The Kier molecular flexibility index (Phi) is 4.37. The van der Waals surface area contributed by atoms with Crippen LogP contribution >= 0.6 is 11.6 Å². The first kappa shape index (κ1) is 14.2. The van der Waals surface area contributed by atoms with Gasteiger partial charge in [0, 0.05) is 13.3 Å². The number of nitrogens with zero attached hydrogens (tertiary/aromatic N) is 2. The molecule has 1 saturated carbocycles. The van der Waals surface area contributed by atoms with Crippen molar-refractivity contribution in [2.24, 2.45) is 0 Å². The van der Waals surface area contributed by atoms with E-state index in [0.29, 0.717) is 5.82 Å². The Morgan fingerprint density at radius 2 is 2.00 bits per heavy atom. The van der Waals surface area contributed by atoms with Gasteiger partial charge in [0.05, 0.1) is 7.11 Å². The second kappa shape index (κ2) is 5.84. The lowest BCUT2D eigenvalue weighted by Gasteiger charge is -2.34. The van der Waals surface area contributed by atoms with E-state index in [9.17, 15) is 4.79 Å². The maximum Gasteiger partial charge on any atom is 0.342 e. The fraction of sp³-hybridized carbons (Fsp3) is 0.615. The van der Waals surface area contributed by atoms with Gasteiger partial charge in [-0.2, -0.15) is 0 Å². The molecule has 104 valence electrons. The van der Waals surface area contributed by atoms with Gasteiger partial charge in [0.2, 0.25) is 0 Å². The van der Waals surface area contributed by atoms with Gasteiger partial charge in [-0.3, -0.25) is 0 Å².